The number of benzene rings is 1. The van der Waals surface area contributed by atoms with Crippen LogP contribution < -0.4 is 0 Å². The van der Waals surface area contributed by atoms with E-state index in [1.807, 2.05) is 24.3 Å². The first-order valence-corrected chi connectivity index (χ1v) is 7.18. The molecule has 0 radical (unpaired) electrons. The van der Waals surface area contributed by atoms with Crippen LogP contribution >= 0.6 is 11.6 Å². The standard InChI is InChI=1S/C15H16ClNO3/c1-9-6-11(7-10-2-4-12(16)5-3-10)14(18)17-13(9)8-20-15(17)19/h2-5,9,11,13H,6-8H2,1H3/t9?,11-,13+/m0/s1. The molecule has 106 valence electrons. The van der Waals surface area contributed by atoms with Gasteiger partial charge in [0.1, 0.15) is 6.61 Å². The maximum atomic E-state index is 12.4. The summed E-state index contributed by atoms with van der Waals surface area (Å²) in [7, 11) is 0. The first-order valence-electron chi connectivity index (χ1n) is 6.80. The average Bonchev–Trinajstić information content (AvgIpc) is 2.81. The van der Waals surface area contributed by atoms with Crippen molar-refractivity contribution in [3.8, 4) is 0 Å². The third-order valence-electron chi connectivity index (χ3n) is 4.20. The quantitative estimate of drug-likeness (QED) is 0.842. The first-order chi connectivity index (χ1) is 9.56. The van der Waals surface area contributed by atoms with Gasteiger partial charge in [0.05, 0.1) is 6.04 Å². The molecule has 5 heteroatoms. The largest absolute Gasteiger partial charge is 0.447 e. The predicted molar refractivity (Wildman–Crippen MR) is 74.4 cm³/mol. The summed E-state index contributed by atoms with van der Waals surface area (Å²) < 4.78 is 5.00. The Bertz CT molecular complexity index is 543. The zero-order valence-corrected chi connectivity index (χ0v) is 12.0. The van der Waals surface area contributed by atoms with E-state index in [9.17, 15) is 9.59 Å². The van der Waals surface area contributed by atoms with Gasteiger partial charge in [0.15, 0.2) is 0 Å². The number of hydrogen-bond acceptors (Lipinski definition) is 3. The third-order valence-corrected chi connectivity index (χ3v) is 4.45. The van der Waals surface area contributed by atoms with Gasteiger partial charge in [0.2, 0.25) is 5.91 Å². The van der Waals surface area contributed by atoms with Crippen LogP contribution in [0.25, 0.3) is 0 Å². The highest BCUT2D eigenvalue weighted by molar-refractivity contribution is 6.30. The van der Waals surface area contributed by atoms with E-state index in [0.717, 1.165) is 12.0 Å². The van der Waals surface area contributed by atoms with Gasteiger partial charge in [0.25, 0.3) is 0 Å². The maximum Gasteiger partial charge on any atom is 0.416 e. The molecule has 1 aromatic rings. The van der Waals surface area contributed by atoms with Crippen molar-refractivity contribution in [2.45, 2.75) is 25.8 Å². The number of amides is 2. The van der Waals surface area contributed by atoms with Crippen LogP contribution in [0.3, 0.4) is 0 Å². The molecule has 3 atom stereocenters. The Hall–Kier alpha value is -1.55. The minimum atomic E-state index is -0.493. The van der Waals surface area contributed by atoms with Crippen LogP contribution in [0.2, 0.25) is 5.02 Å². The highest BCUT2D eigenvalue weighted by atomic mass is 35.5. The summed E-state index contributed by atoms with van der Waals surface area (Å²) in [5.41, 5.74) is 1.06. The summed E-state index contributed by atoms with van der Waals surface area (Å²) in [6, 6.07) is 7.40. The minimum absolute atomic E-state index is 0.0866. The van der Waals surface area contributed by atoms with E-state index in [1.54, 1.807) is 0 Å². The molecule has 1 aromatic carbocycles. The second kappa shape index (κ2) is 5.09. The highest BCUT2D eigenvalue weighted by Gasteiger charge is 2.47. The number of ether oxygens (including phenoxy) is 1. The van der Waals surface area contributed by atoms with Crippen LogP contribution in [0.4, 0.5) is 4.79 Å². The normalized spacial score (nSPS) is 29.3. The SMILES string of the molecule is CC1C[C@@H](Cc2ccc(Cl)cc2)C(=O)N2C(=O)OC[C@H]12. The van der Waals surface area contributed by atoms with Crippen LogP contribution in [0.1, 0.15) is 18.9 Å². The van der Waals surface area contributed by atoms with Crippen LogP contribution in [-0.2, 0) is 16.0 Å². The van der Waals surface area contributed by atoms with Gasteiger partial charge in [-0.3, -0.25) is 4.79 Å². The summed E-state index contributed by atoms with van der Waals surface area (Å²) in [5, 5.41) is 0.681. The summed E-state index contributed by atoms with van der Waals surface area (Å²) >= 11 is 5.86. The molecule has 2 aliphatic rings. The van der Waals surface area contributed by atoms with E-state index >= 15 is 0 Å². The molecule has 3 rings (SSSR count). The molecule has 0 saturated carbocycles. The maximum absolute atomic E-state index is 12.4. The Morgan fingerprint density at radius 2 is 2.00 bits per heavy atom. The lowest BCUT2D eigenvalue weighted by molar-refractivity contribution is -0.138. The Balaban J connectivity index is 1.78. The smallest absolute Gasteiger partial charge is 0.416 e. The Labute approximate surface area is 122 Å². The number of carbonyl (C=O) groups is 2. The van der Waals surface area contributed by atoms with Gasteiger partial charge in [0, 0.05) is 10.9 Å². The molecule has 0 aromatic heterocycles. The van der Waals surface area contributed by atoms with Crippen LogP contribution in [0.15, 0.2) is 24.3 Å². The fourth-order valence-electron chi connectivity index (χ4n) is 3.09. The number of cyclic esters (lactones) is 1. The predicted octanol–water partition coefficient (Wildman–Crippen LogP) is 2.89. The molecule has 4 nitrogen and oxygen atoms in total. The zero-order chi connectivity index (χ0) is 14.3. The van der Waals surface area contributed by atoms with E-state index in [0.29, 0.717) is 18.1 Å². The number of fused-ring (bicyclic) bond motifs is 1. The Morgan fingerprint density at radius 1 is 1.30 bits per heavy atom. The van der Waals surface area contributed by atoms with Crippen molar-refractivity contribution in [3.63, 3.8) is 0 Å². The molecule has 2 aliphatic heterocycles. The van der Waals surface area contributed by atoms with Gasteiger partial charge in [-0.25, -0.2) is 9.69 Å². The lowest BCUT2D eigenvalue weighted by Gasteiger charge is -2.35. The number of halogens is 1. The van der Waals surface area contributed by atoms with Crippen molar-refractivity contribution >= 4 is 23.6 Å². The van der Waals surface area contributed by atoms with Crippen molar-refractivity contribution in [2.24, 2.45) is 11.8 Å². The molecule has 0 aliphatic carbocycles. The van der Waals surface area contributed by atoms with E-state index in [1.165, 1.54) is 4.90 Å². The van der Waals surface area contributed by atoms with E-state index in [2.05, 4.69) is 6.92 Å². The van der Waals surface area contributed by atoms with Crippen molar-refractivity contribution in [3.05, 3.63) is 34.9 Å². The van der Waals surface area contributed by atoms with Gasteiger partial charge in [-0.1, -0.05) is 30.7 Å². The van der Waals surface area contributed by atoms with Crippen LogP contribution in [-0.4, -0.2) is 29.5 Å². The minimum Gasteiger partial charge on any atom is -0.447 e. The Kier molecular flexibility index (Phi) is 3.42. The summed E-state index contributed by atoms with van der Waals surface area (Å²) in [4.78, 5) is 25.4. The molecule has 2 heterocycles. The lowest BCUT2D eigenvalue weighted by Crippen LogP contribution is -2.51. The van der Waals surface area contributed by atoms with Crippen molar-refractivity contribution in [1.29, 1.82) is 0 Å². The first kappa shape index (κ1) is 13.4. The number of piperidine rings is 1. The fraction of sp³-hybridized carbons (Fsp3) is 0.467. The molecule has 2 saturated heterocycles. The number of hydrogen-bond donors (Lipinski definition) is 0. The highest BCUT2D eigenvalue weighted by Crippen LogP contribution is 2.34. The molecular formula is C15H16ClNO3. The number of carbonyl (C=O) groups excluding carboxylic acids is 2. The number of rotatable bonds is 2. The van der Waals surface area contributed by atoms with Crippen molar-refractivity contribution in [1.82, 2.24) is 4.90 Å². The number of nitrogens with zero attached hydrogens (tertiary/aromatic N) is 1. The van der Waals surface area contributed by atoms with E-state index < -0.39 is 6.09 Å². The van der Waals surface area contributed by atoms with Gasteiger partial charge >= 0.3 is 6.09 Å². The molecule has 2 amide bonds. The van der Waals surface area contributed by atoms with Gasteiger partial charge in [-0.05, 0) is 36.5 Å². The summed E-state index contributed by atoms with van der Waals surface area (Å²) in [6.45, 7) is 2.40. The topological polar surface area (TPSA) is 46.6 Å². The average molecular weight is 294 g/mol. The van der Waals surface area contributed by atoms with Gasteiger partial charge < -0.3 is 4.74 Å². The second-order valence-electron chi connectivity index (χ2n) is 5.59. The van der Waals surface area contributed by atoms with Crippen LogP contribution in [0.5, 0.6) is 0 Å². The third kappa shape index (κ3) is 2.29. The molecule has 0 bridgehead atoms. The molecule has 0 spiro atoms. The van der Waals surface area contributed by atoms with Crippen molar-refractivity contribution < 1.29 is 14.3 Å². The molecule has 0 N–H and O–H groups in total. The zero-order valence-electron chi connectivity index (χ0n) is 11.2. The van der Waals surface area contributed by atoms with E-state index in [-0.39, 0.29) is 23.8 Å². The second-order valence-corrected chi connectivity index (χ2v) is 6.03. The molecule has 20 heavy (non-hydrogen) atoms. The monoisotopic (exact) mass is 293 g/mol. The summed E-state index contributed by atoms with van der Waals surface area (Å²) in [6.07, 6.45) is 0.934. The fourth-order valence-corrected chi connectivity index (χ4v) is 3.21. The molecular weight excluding hydrogens is 278 g/mol. The van der Waals surface area contributed by atoms with Crippen molar-refractivity contribution in [2.75, 3.05) is 6.61 Å². The van der Waals surface area contributed by atoms with Gasteiger partial charge in [-0.2, -0.15) is 0 Å². The lowest BCUT2D eigenvalue weighted by atomic mass is 9.81. The summed E-state index contributed by atoms with van der Waals surface area (Å²) in [5.74, 6) is 0.00933. The van der Waals surface area contributed by atoms with Crippen LogP contribution in [0, 0.1) is 11.8 Å². The molecule has 2 fully saturated rings. The Morgan fingerprint density at radius 3 is 2.70 bits per heavy atom. The molecule has 1 unspecified atom stereocenters. The van der Waals surface area contributed by atoms with E-state index in [4.69, 9.17) is 16.3 Å². The van der Waals surface area contributed by atoms with Gasteiger partial charge in [-0.15, -0.1) is 0 Å². The number of imide groups is 1.